The van der Waals surface area contributed by atoms with E-state index < -0.39 is 13.9 Å². The molecular weight excluding hydrogens is 421 g/mol. The number of phosphoric acid groups is 1. The predicted molar refractivity (Wildman–Crippen MR) is 116 cm³/mol. The lowest BCUT2D eigenvalue weighted by atomic mass is 10.2. The third-order valence-electron chi connectivity index (χ3n) is 4.27. The second kappa shape index (κ2) is 11.1. The molecule has 9 nitrogen and oxygen atoms in total. The Morgan fingerprint density at radius 3 is 2.61 bits per heavy atom. The van der Waals surface area contributed by atoms with Crippen molar-refractivity contribution >= 4 is 7.82 Å². The Bertz CT molecular complexity index is 975. The third kappa shape index (κ3) is 8.16. The zero-order chi connectivity index (χ0) is 22.1. The topological polar surface area (TPSA) is 115 Å². The van der Waals surface area contributed by atoms with Crippen molar-refractivity contribution in [3.63, 3.8) is 0 Å². The summed E-state index contributed by atoms with van der Waals surface area (Å²) in [6, 6.07) is 15.0. The molecule has 0 amide bonds. The van der Waals surface area contributed by atoms with E-state index in [0.29, 0.717) is 18.9 Å². The van der Waals surface area contributed by atoms with Crippen LogP contribution in [0.1, 0.15) is 5.56 Å². The summed E-state index contributed by atoms with van der Waals surface area (Å²) in [6.07, 6.45) is 4.47. The first-order chi connectivity index (χ1) is 14.9. The number of aryl methyl sites for hydroxylation is 1. The molecule has 3 N–H and O–H groups in total. The van der Waals surface area contributed by atoms with Crippen LogP contribution in [0.5, 0.6) is 11.5 Å². The van der Waals surface area contributed by atoms with Crippen molar-refractivity contribution in [1.82, 2.24) is 14.9 Å². The number of hydrogen-bond donors (Lipinski definition) is 3. The van der Waals surface area contributed by atoms with Crippen LogP contribution < -0.4 is 14.8 Å². The van der Waals surface area contributed by atoms with Gasteiger partial charge in [-0.3, -0.25) is 4.52 Å². The molecule has 2 aromatic carbocycles. The lowest BCUT2D eigenvalue weighted by molar-refractivity contribution is 0.0882. The molecule has 0 aliphatic rings. The van der Waals surface area contributed by atoms with Gasteiger partial charge in [0.1, 0.15) is 30.8 Å². The van der Waals surface area contributed by atoms with Crippen LogP contribution in [0, 0.1) is 6.92 Å². The van der Waals surface area contributed by atoms with E-state index in [4.69, 9.17) is 23.8 Å². The maximum Gasteiger partial charge on any atom is 0.470 e. The Kier molecular flexibility index (Phi) is 8.22. The summed E-state index contributed by atoms with van der Waals surface area (Å²) in [7, 11) is -4.64. The molecule has 0 fully saturated rings. The Labute approximate surface area is 180 Å². The van der Waals surface area contributed by atoms with Crippen molar-refractivity contribution in [1.29, 1.82) is 0 Å². The molecule has 0 aliphatic heterocycles. The molecule has 10 heteroatoms. The van der Waals surface area contributed by atoms with Gasteiger partial charge in [-0.05, 0) is 48.9 Å². The molecule has 3 aromatic rings. The molecule has 0 bridgehead atoms. The average molecular weight is 447 g/mol. The lowest BCUT2D eigenvalue weighted by Gasteiger charge is -2.19. The highest BCUT2D eigenvalue weighted by atomic mass is 31.2. The minimum absolute atomic E-state index is 0.00185. The van der Waals surface area contributed by atoms with Crippen LogP contribution >= 0.6 is 7.82 Å². The Morgan fingerprint density at radius 2 is 1.94 bits per heavy atom. The fraction of sp³-hybridized carbons (Fsp3) is 0.286. The lowest BCUT2D eigenvalue weighted by Crippen LogP contribution is -2.35. The fourth-order valence-electron chi connectivity index (χ4n) is 2.85. The van der Waals surface area contributed by atoms with Crippen LogP contribution in [0.3, 0.4) is 0 Å². The van der Waals surface area contributed by atoms with Crippen molar-refractivity contribution in [3.05, 3.63) is 72.8 Å². The zero-order valence-electron chi connectivity index (χ0n) is 17.1. The highest BCUT2D eigenvalue weighted by Crippen LogP contribution is 2.37. The molecule has 0 saturated carbocycles. The van der Waals surface area contributed by atoms with E-state index in [1.807, 2.05) is 60.2 Å². The van der Waals surface area contributed by atoms with E-state index in [0.717, 1.165) is 17.0 Å². The number of nitrogens with zero attached hydrogens (tertiary/aromatic N) is 2. The first kappa shape index (κ1) is 23.0. The highest BCUT2D eigenvalue weighted by molar-refractivity contribution is 7.46. The molecule has 166 valence electrons. The third-order valence-corrected chi connectivity index (χ3v) is 4.84. The van der Waals surface area contributed by atoms with Crippen molar-refractivity contribution in [3.8, 4) is 17.2 Å². The fourth-order valence-corrected chi connectivity index (χ4v) is 3.37. The van der Waals surface area contributed by atoms with Crippen molar-refractivity contribution in [2.24, 2.45) is 0 Å². The Balaban J connectivity index is 1.41. The number of ether oxygens (including phenoxy) is 2. The van der Waals surface area contributed by atoms with Gasteiger partial charge < -0.3 is 29.1 Å². The Morgan fingerprint density at radius 1 is 1.13 bits per heavy atom. The van der Waals surface area contributed by atoms with Crippen LogP contribution in [-0.2, 0) is 9.09 Å². The number of aromatic nitrogens is 2. The summed E-state index contributed by atoms with van der Waals surface area (Å²) in [6.45, 7) is 2.97. The van der Waals surface area contributed by atoms with Crippen molar-refractivity contribution in [2.45, 2.75) is 13.0 Å². The molecule has 1 atom stereocenters. The molecule has 0 radical (unpaired) electrons. The van der Waals surface area contributed by atoms with Gasteiger partial charge in [-0.15, -0.1) is 0 Å². The van der Waals surface area contributed by atoms with Crippen LogP contribution in [0.4, 0.5) is 0 Å². The largest absolute Gasteiger partial charge is 0.492 e. The van der Waals surface area contributed by atoms with Crippen molar-refractivity contribution < 1.29 is 28.3 Å². The second-order valence-electron chi connectivity index (χ2n) is 6.86. The molecule has 0 aliphatic carbocycles. The first-order valence-electron chi connectivity index (χ1n) is 9.74. The number of rotatable bonds is 12. The van der Waals surface area contributed by atoms with E-state index in [2.05, 4.69) is 10.3 Å². The summed E-state index contributed by atoms with van der Waals surface area (Å²) in [5.74, 6) is 1.33. The summed E-state index contributed by atoms with van der Waals surface area (Å²) in [5, 5.41) is 3.07. The molecule has 0 saturated heterocycles. The van der Waals surface area contributed by atoms with Gasteiger partial charge >= 0.3 is 7.82 Å². The standard InChI is InChI=1S/C21H26N3O6P/c1-17-3-2-4-20(13-17)29-15-21(30-31(25,26)27)14-22-10-12-28-19-7-5-18(6-8-19)24-11-9-23-16-24/h2-9,11,13,16,21-22H,10,12,14-15H2,1H3,(H2,25,26,27). The van der Waals surface area contributed by atoms with E-state index in [1.54, 1.807) is 18.6 Å². The second-order valence-corrected chi connectivity index (χ2v) is 8.05. The number of imidazole rings is 1. The van der Waals surface area contributed by atoms with Gasteiger partial charge in [-0.1, -0.05) is 12.1 Å². The molecule has 1 aromatic heterocycles. The van der Waals surface area contributed by atoms with Gasteiger partial charge in [0.2, 0.25) is 0 Å². The molecule has 1 unspecified atom stereocenters. The SMILES string of the molecule is Cc1cccc(OCC(CNCCOc2ccc(-n3ccnc3)cc2)OP(=O)(O)O)c1. The summed E-state index contributed by atoms with van der Waals surface area (Å²) in [4.78, 5) is 22.3. The van der Waals surface area contributed by atoms with Crippen molar-refractivity contribution in [2.75, 3.05) is 26.3 Å². The maximum absolute atomic E-state index is 11.3. The van der Waals surface area contributed by atoms with Crippen LogP contribution in [0.15, 0.2) is 67.3 Å². The molecule has 3 rings (SSSR count). The van der Waals surface area contributed by atoms with Gasteiger partial charge in [-0.2, -0.15) is 0 Å². The van der Waals surface area contributed by atoms with E-state index in [9.17, 15) is 4.57 Å². The van der Waals surface area contributed by atoms with Gasteiger partial charge in [-0.25, -0.2) is 9.55 Å². The van der Waals surface area contributed by atoms with E-state index in [-0.39, 0.29) is 13.2 Å². The van der Waals surface area contributed by atoms with Crippen LogP contribution in [0.25, 0.3) is 5.69 Å². The number of nitrogens with one attached hydrogen (secondary N) is 1. The Hall–Kier alpha value is -2.68. The first-order valence-corrected chi connectivity index (χ1v) is 11.3. The molecule has 31 heavy (non-hydrogen) atoms. The van der Waals surface area contributed by atoms with E-state index in [1.165, 1.54) is 0 Å². The molecule has 0 spiro atoms. The number of benzene rings is 2. The summed E-state index contributed by atoms with van der Waals surface area (Å²) < 4.78 is 29.3. The smallest absolute Gasteiger partial charge is 0.470 e. The minimum atomic E-state index is -4.64. The van der Waals surface area contributed by atoms with E-state index >= 15 is 0 Å². The quantitative estimate of drug-likeness (QED) is 0.287. The van der Waals surface area contributed by atoms with Gasteiger partial charge in [0.15, 0.2) is 0 Å². The minimum Gasteiger partial charge on any atom is -0.492 e. The predicted octanol–water partition coefficient (Wildman–Crippen LogP) is 2.71. The summed E-state index contributed by atoms with van der Waals surface area (Å²) in [5.41, 5.74) is 2.01. The molecular formula is C21H26N3O6P. The van der Waals surface area contributed by atoms with Gasteiger partial charge in [0.25, 0.3) is 0 Å². The molecule has 1 heterocycles. The number of phosphoric ester groups is 1. The van der Waals surface area contributed by atoms with Crippen LogP contribution in [0.2, 0.25) is 0 Å². The summed E-state index contributed by atoms with van der Waals surface area (Å²) >= 11 is 0. The monoisotopic (exact) mass is 447 g/mol. The highest BCUT2D eigenvalue weighted by Gasteiger charge is 2.22. The van der Waals surface area contributed by atoms with Crippen LogP contribution in [-0.4, -0.2) is 51.7 Å². The maximum atomic E-state index is 11.3. The zero-order valence-corrected chi connectivity index (χ0v) is 18.0. The number of hydrogen-bond acceptors (Lipinski definition) is 6. The van der Waals surface area contributed by atoms with Gasteiger partial charge in [0, 0.05) is 31.2 Å². The van der Waals surface area contributed by atoms with Gasteiger partial charge in [0.05, 0.1) is 6.33 Å². The average Bonchev–Trinajstić information content (AvgIpc) is 3.26. The normalized spacial score (nSPS) is 12.5.